The molecule has 1 amide bonds. The fourth-order valence-electron chi connectivity index (χ4n) is 4.78. The number of carbonyl (C=O) groups excluding carboxylic acids is 1. The Morgan fingerprint density at radius 3 is 2.50 bits per heavy atom. The molecular formula is C26H28F4N4O4. The van der Waals surface area contributed by atoms with Crippen LogP contribution in [-0.4, -0.2) is 53.2 Å². The SMILES string of the molecule is COc1c(C(=O)N2CC(C)OC(C)C2)ccc(NC(C)c2cc3c(=O)[nH]c(C)nc3cc2C(F)(F)F)c1F. The molecule has 8 nitrogen and oxygen atoms in total. The maximum atomic E-state index is 15.5. The van der Waals surface area contributed by atoms with Crippen molar-refractivity contribution in [2.24, 2.45) is 0 Å². The number of alkyl halides is 3. The Balaban J connectivity index is 1.70. The first-order valence-electron chi connectivity index (χ1n) is 12.0. The molecule has 2 aromatic carbocycles. The highest BCUT2D eigenvalue weighted by atomic mass is 19.4. The van der Waals surface area contributed by atoms with E-state index in [1.807, 2.05) is 13.8 Å². The van der Waals surface area contributed by atoms with E-state index in [2.05, 4.69) is 15.3 Å². The molecule has 1 aliphatic rings. The topological polar surface area (TPSA) is 96.5 Å². The van der Waals surface area contributed by atoms with Gasteiger partial charge in [0.05, 0.1) is 47.0 Å². The maximum absolute atomic E-state index is 15.5. The van der Waals surface area contributed by atoms with E-state index in [0.717, 1.165) is 12.1 Å². The number of H-pyrrole nitrogens is 1. The Bertz CT molecular complexity index is 1430. The van der Waals surface area contributed by atoms with Gasteiger partial charge in [-0.15, -0.1) is 0 Å². The smallest absolute Gasteiger partial charge is 0.416 e. The zero-order valence-electron chi connectivity index (χ0n) is 21.5. The van der Waals surface area contributed by atoms with Gasteiger partial charge in [0.15, 0.2) is 11.6 Å². The molecule has 0 radical (unpaired) electrons. The van der Waals surface area contributed by atoms with Crippen molar-refractivity contribution in [2.75, 3.05) is 25.5 Å². The second-order valence-corrected chi connectivity index (χ2v) is 9.45. The summed E-state index contributed by atoms with van der Waals surface area (Å²) >= 11 is 0. The number of halogens is 4. The van der Waals surface area contributed by atoms with Crippen LogP contribution in [0.25, 0.3) is 10.9 Å². The zero-order valence-corrected chi connectivity index (χ0v) is 21.5. The number of benzene rings is 2. The second-order valence-electron chi connectivity index (χ2n) is 9.45. The summed E-state index contributed by atoms with van der Waals surface area (Å²) in [5.74, 6) is -1.52. The number of carbonyl (C=O) groups is 1. The Morgan fingerprint density at radius 2 is 1.89 bits per heavy atom. The van der Waals surface area contributed by atoms with Crippen molar-refractivity contribution in [2.45, 2.75) is 52.1 Å². The minimum absolute atomic E-state index is 0.0147. The van der Waals surface area contributed by atoms with Crippen LogP contribution in [0.2, 0.25) is 0 Å². The number of nitrogens with one attached hydrogen (secondary N) is 2. The van der Waals surface area contributed by atoms with E-state index in [-0.39, 0.29) is 51.5 Å². The Hall–Kier alpha value is -3.67. The van der Waals surface area contributed by atoms with Gasteiger partial charge in [0, 0.05) is 19.1 Å². The lowest BCUT2D eigenvalue weighted by Crippen LogP contribution is -2.48. The third kappa shape index (κ3) is 5.31. The monoisotopic (exact) mass is 536 g/mol. The van der Waals surface area contributed by atoms with Crippen LogP contribution in [0.5, 0.6) is 5.75 Å². The molecule has 1 fully saturated rings. The van der Waals surface area contributed by atoms with Crippen LogP contribution in [-0.2, 0) is 10.9 Å². The first-order valence-corrected chi connectivity index (χ1v) is 12.0. The molecule has 1 saturated heterocycles. The minimum Gasteiger partial charge on any atom is -0.493 e. The first-order chi connectivity index (χ1) is 17.8. The second kappa shape index (κ2) is 10.2. The van der Waals surface area contributed by atoms with Crippen molar-refractivity contribution < 1.29 is 31.8 Å². The van der Waals surface area contributed by atoms with E-state index in [1.165, 1.54) is 33.1 Å². The van der Waals surface area contributed by atoms with Gasteiger partial charge in [-0.25, -0.2) is 9.37 Å². The Labute approximate surface area is 216 Å². The number of aromatic nitrogens is 2. The summed E-state index contributed by atoms with van der Waals surface area (Å²) in [6.45, 7) is 7.18. The minimum atomic E-state index is -4.75. The number of rotatable bonds is 5. The van der Waals surface area contributed by atoms with Gasteiger partial charge in [0.2, 0.25) is 0 Å². The van der Waals surface area contributed by atoms with Crippen molar-refractivity contribution in [3.63, 3.8) is 0 Å². The molecule has 3 aromatic rings. The molecular weight excluding hydrogens is 508 g/mol. The largest absolute Gasteiger partial charge is 0.493 e. The lowest BCUT2D eigenvalue weighted by Gasteiger charge is -2.35. The van der Waals surface area contributed by atoms with Crippen molar-refractivity contribution in [1.82, 2.24) is 14.9 Å². The van der Waals surface area contributed by atoms with Crippen molar-refractivity contribution >= 4 is 22.5 Å². The number of fused-ring (bicyclic) bond motifs is 1. The molecule has 3 unspecified atom stereocenters. The van der Waals surface area contributed by atoms with Crippen LogP contribution >= 0.6 is 0 Å². The average molecular weight is 537 g/mol. The number of morpholine rings is 1. The number of hydrogen-bond donors (Lipinski definition) is 2. The van der Waals surface area contributed by atoms with Crippen LogP contribution in [0.3, 0.4) is 0 Å². The quantitative estimate of drug-likeness (QED) is 0.454. The summed E-state index contributed by atoms with van der Waals surface area (Å²) in [5.41, 5.74) is -2.14. The Kier molecular flexibility index (Phi) is 7.37. The molecule has 0 bridgehead atoms. The molecule has 2 heterocycles. The molecule has 1 aliphatic heterocycles. The van der Waals surface area contributed by atoms with Gasteiger partial charge < -0.3 is 24.7 Å². The number of anilines is 1. The summed E-state index contributed by atoms with van der Waals surface area (Å²) in [4.78, 5) is 33.6. The molecule has 12 heteroatoms. The molecule has 1 aromatic heterocycles. The standard InChI is InChI=1S/C26H28F4N4O4/c1-12-10-34(11-13(2)38-12)25(36)16-6-7-20(22(27)23(16)37-5)31-14(3)17-8-18-21(9-19(17)26(28,29)30)32-15(4)33-24(18)35/h6-9,12-14,31H,10-11H2,1-5H3,(H,32,33,35). The van der Waals surface area contributed by atoms with E-state index in [1.54, 1.807) is 4.90 Å². The third-order valence-electron chi connectivity index (χ3n) is 6.38. The lowest BCUT2D eigenvalue weighted by atomic mass is 9.98. The van der Waals surface area contributed by atoms with E-state index in [9.17, 15) is 22.8 Å². The van der Waals surface area contributed by atoms with Crippen molar-refractivity contribution in [1.29, 1.82) is 0 Å². The van der Waals surface area contributed by atoms with Gasteiger partial charge in [-0.3, -0.25) is 9.59 Å². The van der Waals surface area contributed by atoms with E-state index < -0.39 is 35.1 Å². The third-order valence-corrected chi connectivity index (χ3v) is 6.38. The average Bonchev–Trinajstić information content (AvgIpc) is 2.82. The van der Waals surface area contributed by atoms with Crippen LogP contribution < -0.4 is 15.6 Å². The molecule has 204 valence electrons. The molecule has 0 spiro atoms. The zero-order chi connectivity index (χ0) is 27.9. The van der Waals surface area contributed by atoms with Gasteiger partial charge >= 0.3 is 6.18 Å². The molecule has 0 saturated carbocycles. The number of aromatic amines is 1. The van der Waals surface area contributed by atoms with Crippen LogP contribution in [0.15, 0.2) is 29.1 Å². The van der Waals surface area contributed by atoms with Gasteiger partial charge in [0.1, 0.15) is 5.82 Å². The summed E-state index contributed by atoms with van der Waals surface area (Å²) in [7, 11) is 1.21. The van der Waals surface area contributed by atoms with Gasteiger partial charge in [-0.05, 0) is 57.5 Å². The lowest BCUT2D eigenvalue weighted by molar-refractivity contribution is -0.138. The molecule has 4 rings (SSSR count). The van der Waals surface area contributed by atoms with Gasteiger partial charge in [-0.2, -0.15) is 13.2 Å². The fourth-order valence-corrected chi connectivity index (χ4v) is 4.78. The highest BCUT2D eigenvalue weighted by Gasteiger charge is 2.36. The predicted molar refractivity (Wildman–Crippen MR) is 133 cm³/mol. The van der Waals surface area contributed by atoms with E-state index in [0.29, 0.717) is 13.1 Å². The number of methoxy groups -OCH3 is 1. The summed E-state index contributed by atoms with van der Waals surface area (Å²) in [5, 5.41) is 2.71. The Morgan fingerprint density at radius 1 is 1.24 bits per heavy atom. The highest BCUT2D eigenvalue weighted by Crippen LogP contribution is 2.38. The number of amides is 1. The van der Waals surface area contributed by atoms with E-state index in [4.69, 9.17) is 9.47 Å². The van der Waals surface area contributed by atoms with Crippen LogP contribution in [0, 0.1) is 12.7 Å². The number of hydrogen-bond acceptors (Lipinski definition) is 6. The summed E-state index contributed by atoms with van der Waals surface area (Å²) < 4.78 is 68.3. The van der Waals surface area contributed by atoms with Gasteiger partial charge in [0.25, 0.3) is 11.5 Å². The maximum Gasteiger partial charge on any atom is 0.416 e. The van der Waals surface area contributed by atoms with Crippen LogP contribution in [0.1, 0.15) is 54.1 Å². The molecule has 3 atom stereocenters. The molecule has 0 aliphatic carbocycles. The number of aryl methyl sites for hydroxylation is 1. The molecule has 38 heavy (non-hydrogen) atoms. The molecule has 2 N–H and O–H groups in total. The first kappa shape index (κ1) is 27.4. The summed E-state index contributed by atoms with van der Waals surface area (Å²) in [6.07, 6.45) is -5.15. The highest BCUT2D eigenvalue weighted by molar-refractivity contribution is 5.97. The number of ether oxygens (including phenoxy) is 2. The fraction of sp³-hybridized carbons (Fsp3) is 0.423. The number of nitrogens with zero attached hydrogens (tertiary/aromatic N) is 2. The summed E-state index contributed by atoms with van der Waals surface area (Å²) in [6, 6.07) is 3.48. The van der Waals surface area contributed by atoms with E-state index >= 15 is 4.39 Å². The van der Waals surface area contributed by atoms with Gasteiger partial charge in [-0.1, -0.05) is 0 Å². The normalized spacial score (nSPS) is 18.9. The van der Waals surface area contributed by atoms with Crippen molar-refractivity contribution in [3.05, 3.63) is 63.0 Å². The van der Waals surface area contributed by atoms with Crippen molar-refractivity contribution in [3.8, 4) is 5.75 Å². The van der Waals surface area contributed by atoms with Crippen LogP contribution in [0.4, 0.5) is 23.2 Å². The predicted octanol–water partition coefficient (Wildman–Crippen LogP) is 4.82.